The zero-order valence-electron chi connectivity index (χ0n) is 45.2. The van der Waals surface area contributed by atoms with E-state index in [2.05, 4.69) is 32.6 Å². The van der Waals surface area contributed by atoms with Crippen LogP contribution in [0.4, 0.5) is 5.00 Å². The minimum Gasteiger partial charge on any atom is -0.465 e. The molecular weight excluding hydrogens is 887 g/mol. The first kappa shape index (κ1) is 64.0. The molecule has 69 heavy (non-hydrogen) atoms. The molecule has 400 valence electrons. The van der Waals surface area contributed by atoms with E-state index in [1.807, 2.05) is 19.0 Å². The Morgan fingerprint density at radius 1 is 0.594 bits per heavy atom. The number of amides is 1. The number of anilines is 1. The van der Waals surface area contributed by atoms with E-state index in [9.17, 15) is 24.0 Å². The second kappa shape index (κ2) is 43.8. The van der Waals surface area contributed by atoms with E-state index >= 15 is 0 Å². The highest BCUT2D eigenvalue weighted by molar-refractivity contribution is 7.16. The molecule has 1 aromatic heterocycles. The summed E-state index contributed by atoms with van der Waals surface area (Å²) in [5.41, 5.74) is 7.65. The van der Waals surface area contributed by atoms with Crippen molar-refractivity contribution in [3.8, 4) is 0 Å². The molecule has 0 saturated heterocycles. The van der Waals surface area contributed by atoms with Crippen LogP contribution < -0.4 is 5.73 Å². The van der Waals surface area contributed by atoms with Gasteiger partial charge in [-0.15, -0.1) is 11.3 Å². The van der Waals surface area contributed by atoms with E-state index in [-0.39, 0.29) is 35.7 Å². The number of carbonyl (C=O) groups is 5. The first-order valence-corrected chi connectivity index (χ1v) is 29.1. The lowest BCUT2D eigenvalue weighted by Gasteiger charge is -2.27. The van der Waals surface area contributed by atoms with Crippen LogP contribution in [0, 0.1) is 11.8 Å². The second-order valence-electron chi connectivity index (χ2n) is 20.0. The normalized spacial score (nSPS) is 13.1. The number of fused-ring (bicyclic) bond motifs is 1. The van der Waals surface area contributed by atoms with Crippen LogP contribution in [0.5, 0.6) is 0 Å². The summed E-state index contributed by atoms with van der Waals surface area (Å²) in [7, 11) is 3.98. The second-order valence-corrected chi connectivity index (χ2v) is 21.1. The fourth-order valence-corrected chi connectivity index (χ4v) is 10.1. The molecule has 2 N–H and O–H groups in total. The molecule has 2 rings (SSSR count). The number of unbranched alkanes of at least 4 members (excludes halogenated alkanes) is 21. The van der Waals surface area contributed by atoms with E-state index in [0.29, 0.717) is 62.7 Å². The van der Waals surface area contributed by atoms with Crippen LogP contribution in [-0.4, -0.2) is 86.9 Å². The number of nitrogen functional groups attached to an aromatic ring is 1. The average Bonchev–Trinajstić information content (AvgIpc) is 3.68. The quantitative estimate of drug-likeness (QED) is 0.0290. The lowest BCUT2D eigenvalue weighted by atomic mass is 9.94. The van der Waals surface area contributed by atoms with Gasteiger partial charge < -0.3 is 34.5 Å². The SMILES string of the molecule is CCCCCCCCC(CCCCCC)C(=O)OCCCCCC(=O)N1CCc2c(sc(N)c2C(=O)OCCCN(C)C)C1.CCCCCCCCC(CCCCCC)C(=O)OCCCCCC=O. The van der Waals surface area contributed by atoms with Crippen LogP contribution in [0.25, 0.3) is 0 Å². The number of nitrogens with two attached hydrogens (primary N) is 1. The van der Waals surface area contributed by atoms with Crippen LogP contribution >= 0.6 is 11.3 Å². The van der Waals surface area contributed by atoms with Crippen molar-refractivity contribution in [1.29, 1.82) is 0 Å². The van der Waals surface area contributed by atoms with Crippen molar-refractivity contribution in [3.63, 3.8) is 0 Å². The molecule has 2 unspecified atom stereocenters. The van der Waals surface area contributed by atoms with Gasteiger partial charge in [-0.1, -0.05) is 156 Å². The van der Waals surface area contributed by atoms with Crippen molar-refractivity contribution in [2.75, 3.05) is 52.7 Å². The lowest BCUT2D eigenvalue weighted by Crippen LogP contribution is -2.35. The molecule has 1 aliphatic heterocycles. The first-order chi connectivity index (χ1) is 33.5. The van der Waals surface area contributed by atoms with E-state index in [0.717, 1.165) is 120 Å². The maximum Gasteiger partial charge on any atom is 0.341 e. The molecule has 0 bridgehead atoms. The highest BCUT2D eigenvalue weighted by Gasteiger charge is 2.29. The Balaban J connectivity index is 0.000000809. The Kier molecular flexibility index (Phi) is 40.6. The number of nitrogens with zero attached hydrogens (tertiary/aromatic N) is 2. The summed E-state index contributed by atoms with van der Waals surface area (Å²) in [4.78, 5) is 66.1. The fourth-order valence-electron chi connectivity index (χ4n) is 9.02. The smallest absolute Gasteiger partial charge is 0.341 e. The Labute approximate surface area is 425 Å². The van der Waals surface area contributed by atoms with Crippen LogP contribution in [0.1, 0.15) is 260 Å². The molecule has 0 aromatic carbocycles. The van der Waals surface area contributed by atoms with Crippen molar-refractivity contribution in [2.45, 2.75) is 253 Å². The lowest BCUT2D eigenvalue weighted by molar-refractivity contribution is -0.150. The minimum atomic E-state index is -0.357. The molecular formula is C57H103N3O8S. The number of hydrogen-bond donors (Lipinski definition) is 1. The molecule has 12 heteroatoms. The third-order valence-corrected chi connectivity index (χ3v) is 14.5. The van der Waals surface area contributed by atoms with Gasteiger partial charge in [-0.2, -0.15) is 0 Å². The van der Waals surface area contributed by atoms with Gasteiger partial charge in [0.1, 0.15) is 11.3 Å². The van der Waals surface area contributed by atoms with Gasteiger partial charge in [-0.25, -0.2) is 4.79 Å². The van der Waals surface area contributed by atoms with Crippen molar-refractivity contribution in [2.24, 2.45) is 11.8 Å². The number of ether oxygens (including phenoxy) is 3. The van der Waals surface area contributed by atoms with Gasteiger partial charge in [0.05, 0.1) is 43.8 Å². The molecule has 1 aliphatic rings. The van der Waals surface area contributed by atoms with Crippen molar-refractivity contribution >= 4 is 46.4 Å². The highest BCUT2D eigenvalue weighted by atomic mass is 32.1. The monoisotopic (exact) mass is 990 g/mol. The molecule has 0 saturated carbocycles. The largest absolute Gasteiger partial charge is 0.465 e. The van der Waals surface area contributed by atoms with Gasteiger partial charge in [0.15, 0.2) is 0 Å². The molecule has 0 radical (unpaired) electrons. The topological polar surface area (TPSA) is 146 Å². The number of hydrogen-bond acceptors (Lipinski definition) is 11. The van der Waals surface area contributed by atoms with Crippen LogP contribution in [0.15, 0.2) is 0 Å². The third-order valence-electron chi connectivity index (χ3n) is 13.4. The van der Waals surface area contributed by atoms with E-state index < -0.39 is 0 Å². The number of aldehydes is 1. The molecule has 1 amide bonds. The number of rotatable bonds is 43. The standard InChI is InChI=1S/C35H61N3O5S.C22H42O3/c1-5-7-9-11-12-15-20-28(19-14-10-8-6-2)34(40)42-25-17-13-16-21-31(39)38-24-22-29-30(27-38)44-33(36)32(29)35(41)43-26-18-23-37(3)4;1-3-5-7-9-10-14-18-21(17-13-8-6-4-2)22(24)25-20-16-12-11-15-19-23/h28H,5-27,36H2,1-4H3;19,21H,3-18,20H2,1-2H3. The summed E-state index contributed by atoms with van der Waals surface area (Å²) in [6.07, 6.45) is 37.0. The number of esters is 3. The maximum absolute atomic E-state index is 12.9. The molecule has 2 heterocycles. The summed E-state index contributed by atoms with van der Waals surface area (Å²) in [6.45, 7) is 12.1. The minimum absolute atomic E-state index is 0.0143. The Morgan fingerprint density at radius 3 is 1.51 bits per heavy atom. The van der Waals surface area contributed by atoms with Crippen LogP contribution in [0.3, 0.4) is 0 Å². The molecule has 0 spiro atoms. The molecule has 11 nitrogen and oxygen atoms in total. The average molecular weight is 991 g/mol. The third kappa shape index (κ3) is 31.9. The van der Waals surface area contributed by atoms with Crippen LogP contribution in [0.2, 0.25) is 0 Å². The summed E-state index contributed by atoms with van der Waals surface area (Å²) in [5.74, 6) is -0.121. The summed E-state index contributed by atoms with van der Waals surface area (Å²) >= 11 is 1.39. The molecule has 1 aromatic rings. The Morgan fingerprint density at radius 2 is 1.03 bits per heavy atom. The summed E-state index contributed by atoms with van der Waals surface area (Å²) < 4.78 is 16.7. The Bertz CT molecular complexity index is 1470. The predicted molar refractivity (Wildman–Crippen MR) is 287 cm³/mol. The van der Waals surface area contributed by atoms with E-state index in [1.54, 1.807) is 0 Å². The Hall–Kier alpha value is -2.99. The van der Waals surface area contributed by atoms with Gasteiger partial charge >= 0.3 is 17.9 Å². The maximum atomic E-state index is 12.9. The van der Waals surface area contributed by atoms with Gasteiger partial charge in [-0.05, 0) is 96.7 Å². The van der Waals surface area contributed by atoms with E-state index in [1.165, 1.54) is 114 Å². The predicted octanol–water partition coefficient (Wildman–Crippen LogP) is 14.4. The zero-order valence-corrected chi connectivity index (χ0v) is 46.0. The van der Waals surface area contributed by atoms with Crippen molar-refractivity contribution < 1.29 is 38.2 Å². The molecule has 0 fully saturated rings. The van der Waals surface area contributed by atoms with E-state index in [4.69, 9.17) is 19.9 Å². The first-order valence-electron chi connectivity index (χ1n) is 28.3. The fraction of sp³-hybridized carbons (Fsp3) is 0.842. The van der Waals surface area contributed by atoms with Crippen molar-refractivity contribution in [3.05, 3.63) is 16.0 Å². The summed E-state index contributed by atoms with van der Waals surface area (Å²) in [6, 6.07) is 0. The number of carbonyl (C=O) groups excluding carboxylic acids is 5. The van der Waals surface area contributed by atoms with Gasteiger partial charge in [0, 0.05) is 30.8 Å². The summed E-state index contributed by atoms with van der Waals surface area (Å²) in [5, 5.41) is 0.478. The highest BCUT2D eigenvalue weighted by Crippen LogP contribution is 2.36. The van der Waals surface area contributed by atoms with Gasteiger partial charge in [0.2, 0.25) is 5.91 Å². The molecule has 0 aliphatic carbocycles. The van der Waals surface area contributed by atoms with Gasteiger partial charge in [0.25, 0.3) is 0 Å². The zero-order chi connectivity index (χ0) is 50.7. The van der Waals surface area contributed by atoms with Crippen molar-refractivity contribution in [1.82, 2.24) is 9.80 Å². The van der Waals surface area contributed by atoms with Gasteiger partial charge in [-0.3, -0.25) is 14.4 Å². The van der Waals surface area contributed by atoms with Crippen LogP contribution in [-0.2, 0) is 46.4 Å². The number of thiophene rings is 1. The molecule has 2 atom stereocenters.